The molecule has 1 aliphatic rings. The predicted molar refractivity (Wildman–Crippen MR) is 52.6 cm³/mol. The molecule has 0 spiro atoms. The van der Waals surface area contributed by atoms with Crippen LogP contribution in [0.2, 0.25) is 0 Å². The van der Waals surface area contributed by atoms with E-state index in [1.165, 1.54) is 26.4 Å². The van der Waals surface area contributed by atoms with Crippen molar-refractivity contribution in [1.29, 1.82) is 0 Å². The van der Waals surface area contributed by atoms with Gasteiger partial charge in [-0.3, -0.25) is 0 Å². The second-order valence-corrected chi connectivity index (χ2v) is 3.69. The molecule has 0 aromatic heterocycles. The summed E-state index contributed by atoms with van der Waals surface area (Å²) in [6.45, 7) is 0. The van der Waals surface area contributed by atoms with E-state index >= 15 is 0 Å². The van der Waals surface area contributed by atoms with Gasteiger partial charge in [0.2, 0.25) is 0 Å². The van der Waals surface area contributed by atoms with Crippen molar-refractivity contribution in [2.45, 2.75) is 18.4 Å². The first kappa shape index (κ1) is 10.2. The van der Waals surface area contributed by atoms with E-state index in [2.05, 4.69) is 0 Å². The average Bonchev–Trinajstić information content (AvgIpc) is 2.97. The van der Waals surface area contributed by atoms with Gasteiger partial charge in [0.25, 0.3) is 0 Å². The summed E-state index contributed by atoms with van der Waals surface area (Å²) in [6, 6.07) is 2.77. The Morgan fingerprint density at radius 2 is 1.93 bits per heavy atom. The molecule has 1 aromatic rings. The van der Waals surface area contributed by atoms with Gasteiger partial charge in [-0.1, -0.05) is 0 Å². The topological polar surface area (TPSA) is 38.7 Å². The lowest BCUT2D eigenvalue weighted by molar-refractivity contribution is 0.142. The number of hydrogen-bond acceptors (Lipinski definition) is 3. The van der Waals surface area contributed by atoms with Gasteiger partial charge in [-0.2, -0.15) is 0 Å². The first-order chi connectivity index (χ1) is 7.12. The van der Waals surface area contributed by atoms with Crippen molar-refractivity contribution >= 4 is 0 Å². The maximum Gasteiger partial charge on any atom is 0.165 e. The maximum absolute atomic E-state index is 13.4. The Morgan fingerprint density at radius 1 is 1.27 bits per heavy atom. The summed E-state index contributed by atoms with van der Waals surface area (Å²) in [5.74, 6) is 0.0659. The number of hydrogen-bond donors (Lipinski definition) is 1. The third-order valence-corrected chi connectivity index (χ3v) is 2.68. The zero-order valence-corrected chi connectivity index (χ0v) is 8.71. The van der Waals surface area contributed by atoms with Gasteiger partial charge < -0.3 is 14.6 Å². The molecular weight excluding hydrogens is 199 g/mol. The molecule has 4 heteroatoms. The van der Waals surface area contributed by atoms with Crippen molar-refractivity contribution in [3.8, 4) is 11.5 Å². The van der Waals surface area contributed by atoms with Crippen LogP contribution in [0.3, 0.4) is 0 Å². The lowest BCUT2D eigenvalue weighted by Gasteiger charge is -2.17. The van der Waals surface area contributed by atoms with Gasteiger partial charge in [0.05, 0.1) is 25.4 Å². The van der Waals surface area contributed by atoms with E-state index in [4.69, 9.17) is 9.47 Å². The fraction of sp³-hybridized carbons (Fsp3) is 0.455. The molecule has 0 bridgehead atoms. The van der Waals surface area contributed by atoms with Crippen LogP contribution in [0.5, 0.6) is 11.5 Å². The molecule has 3 nitrogen and oxygen atoms in total. The Kier molecular flexibility index (Phi) is 2.31. The Bertz CT molecular complexity index is 386. The number of methoxy groups -OCH3 is 2. The predicted octanol–water partition coefficient (Wildman–Crippen LogP) is 1.82. The van der Waals surface area contributed by atoms with Crippen LogP contribution in [-0.4, -0.2) is 19.3 Å². The van der Waals surface area contributed by atoms with Crippen molar-refractivity contribution in [2.24, 2.45) is 0 Å². The third kappa shape index (κ3) is 1.55. The van der Waals surface area contributed by atoms with Crippen molar-refractivity contribution in [1.82, 2.24) is 0 Å². The van der Waals surface area contributed by atoms with Gasteiger partial charge in [0.1, 0.15) is 5.75 Å². The second kappa shape index (κ2) is 3.38. The number of rotatable bonds is 3. The summed E-state index contributed by atoms with van der Waals surface area (Å²) >= 11 is 0. The minimum atomic E-state index is -0.973. The zero-order chi connectivity index (χ0) is 11.1. The molecule has 0 radical (unpaired) electrons. The van der Waals surface area contributed by atoms with Crippen molar-refractivity contribution in [2.75, 3.05) is 14.2 Å². The Morgan fingerprint density at radius 3 is 2.40 bits per heavy atom. The van der Waals surface area contributed by atoms with E-state index in [0.717, 1.165) is 0 Å². The van der Waals surface area contributed by atoms with Crippen LogP contribution in [-0.2, 0) is 5.60 Å². The van der Waals surface area contributed by atoms with E-state index in [1.807, 2.05) is 0 Å². The Balaban J connectivity index is 2.60. The highest BCUT2D eigenvalue weighted by atomic mass is 19.1. The summed E-state index contributed by atoms with van der Waals surface area (Å²) in [5.41, 5.74) is -0.550. The van der Waals surface area contributed by atoms with E-state index in [-0.39, 0.29) is 5.75 Å². The van der Waals surface area contributed by atoms with Crippen LogP contribution in [0.4, 0.5) is 4.39 Å². The normalized spacial score (nSPS) is 17.3. The summed E-state index contributed by atoms with van der Waals surface area (Å²) in [4.78, 5) is 0. The van der Waals surface area contributed by atoms with Gasteiger partial charge in [0, 0.05) is 0 Å². The molecule has 1 aliphatic carbocycles. The molecule has 15 heavy (non-hydrogen) atoms. The molecular formula is C11H13FO3. The van der Waals surface area contributed by atoms with Gasteiger partial charge >= 0.3 is 0 Å². The Labute approximate surface area is 87.4 Å². The molecule has 0 unspecified atom stereocenters. The Hall–Kier alpha value is -1.29. The summed E-state index contributed by atoms with van der Waals surface area (Å²) in [6.07, 6.45) is 1.23. The molecule has 1 fully saturated rings. The monoisotopic (exact) mass is 212 g/mol. The van der Waals surface area contributed by atoms with Crippen molar-refractivity contribution in [3.63, 3.8) is 0 Å². The molecule has 0 atom stereocenters. The van der Waals surface area contributed by atoms with Crippen LogP contribution in [0.1, 0.15) is 18.4 Å². The lowest BCUT2D eigenvalue weighted by atomic mass is 10.0. The fourth-order valence-corrected chi connectivity index (χ4v) is 1.72. The largest absolute Gasteiger partial charge is 0.496 e. The van der Waals surface area contributed by atoms with Gasteiger partial charge in [0.15, 0.2) is 11.6 Å². The molecule has 1 saturated carbocycles. The van der Waals surface area contributed by atoms with Crippen molar-refractivity contribution in [3.05, 3.63) is 23.5 Å². The van der Waals surface area contributed by atoms with Crippen LogP contribution in [0, 0.1) is 5.82 Å². The fourth-order valence-electron chi connectivity index (χ4n) is 1.72. The molecule has 82 valence electrons. The van der Waals surface area contributed by atoms with E-state index in [0.29, 0.717) is 24.2 Å². The standard InChI is InChI=1S/C11H13FO3/c1-14-8-4-3-7(12)10(15-2)9(8)11(13)5-6-11/h3-4,13H,5-6H2,1-2H3. The number of benzene rings is 1. The number of ether oxygens (including phenoxy) is 2. The molecule has 1 aromatic carbocycles. The molecule has 0 heterocycles. The minimum Gasteiger partial charge on any atom is -0.496 e. The summed E-state index contributed by atoms with van der Waals surface area (Å²) in [7, 11) is 2.87. The molecule has 1 N–H and O–H groups in total. The quantitative estimate of drug-likeness (QED) is 0.830. The minimum absolute atomic E-state index is 0.0781. The second-order valence-electron chi connectivity index (χ2n) is 3.69. The molecule has 0 aliphatic heterocycles. The van der Waals surface area contributed by atoms with Crippen LogP contribution in [0.15, 0.2) is 12.1 Å². The van der Waals surface area contributed by atoms with E-state index in [1.54, 1.807) is 0 Å². The molecule has 0 amide bonds. The molecule has 2 rings (SSSR count). The third-order valence-electron chi connectivity index (χ3n) is 2.68. The van der Waals surface area contributed by atoms with Crippen LogP contribution in [0.25, 0.3) is 0 Å². The maximum atomic E-state index is 13.4. The zero-order valence-electron chi connectivity index (χ0n) is 8.71. The summed E-state index contributed by atoms with van der Waals surface area (Å²) in [5, 5.41) is 10.0. The number of halogens is 1. The summed E-state index contributed by atoms with van der Waals surface area (Å²) < 4.78 is 23.5. The molecule has 0 saturated heterocycles. The highest BCUT2D eigenvalue weighted by Gasteiger charge is 2.47. The number of aliphatic hydroxyl groups is 1. The van der Waals surface area contributed by atoms with Crippen LogP contribution >= 0.6 is 0 Å². The first-order valence-corrected chi connectivity index (χ1v) is 4.76. The van der Waals surface area contributed by atoms with Gasteiger partial charge in [-0.25, -0.2) is 4.39 Å². The van der Waals surface area contributed by atoms with Gasteiger partial charge in [-0.15, -0.1) is 0 Å². The average molecular weight is 212 g/mol. The van der Waals surface area contributed by atoms with E-state index < -0.39 is 11.4 Å². The van der Waals surface area contributed by atoms with Crippen LogP contribution < -0.4 is 9.47 Å². The lowest BCUT2D eigenvalue weighted by Crippen LogP contribution is -2.10. The van der Waals surface area contributed by atoms with Crippen molar-refractivity contribution < 1.29 is 19.0 Å². The first-order valence-electron chi connectivity index (χ1n) is 4.76. The van der Waals surface area contributed by atoms with E-state index in [9.17, 15) is 9.50 Å². The highest BCUT2D eigenvalue weighted by Crippen LogP contribution is 2.52. The smallest absolute Gasteiger partial charge is 0.165 e. The van der Waals surface area contributed by atoms with Gasteiger partial charge in [-0.05, 0) is 25.0 Å². The SMILES string of the molecule is COc1ccc(F)c(OC)c1C1(O)CC1. The highest BCUT2D eigenvalue weighted by molar-refractivity contribution is 5.51.